The van der Waals surface area contributed by atoms with E-state index in [0.29, 0.717) is 37.2 Å². The van der Waals surface area contributed by atoms with Gasteiger partial charge in [0.15, 0.2) is 5.17 Å². The minimum absolute atomic E-state index is 0.215. The number of thioether (sulfide) groups is 1. The molecule has 1 saturated heterocycles. The van der Waals surface area contributed by atoms with E-state index in [0.717, 1.165) is 16.8 Å². The van der Waals surface area contributed by atoms with Gasteiger partial charge in [0, 0.05) is 6.08 Å². The number of aliphatic imine (C=N–C) groups is 1. The topological polar surface area (TPSA) is 54.6 Å². The number of amides is 1. The van der Waals surface area contributed by atoms with Gasteiger partial charge in [0.1, 0.15) is 11.5 Å². The summed E-state index contributed by atoms with van der Waals surface area (Å²) < 4.78 is 5.85. The molecule has 2 heterocycles. The highest BCUT2D eigenvalue weighted by atomic mass is 35.5. The second-order valence-electron chi connectivity index (χ2n) is 6.57. The van der Waals surface area contributed by atoms with Crippen molar-refractivity contribution in [1.82, 2.24) is 5.32 Å². The van der Waals surface area contributed by atoms with Crippen molar-refractivity contribution in [2.75, 3.05) is 0 Å². The standard InChI is InChI=1S/C22H16Cl2N2O2S/c1-12-6-7-13(2)17(10-12)25-22-26-21(27)19(29-22)11-14-8-9-18(28-14)20-15(23)4-3-5-16(20)24/h3-11H,1-2H3,(H,25,26,27)/b19-11+. The summed E-state index contributed by atoms with van der Waals surface area (Å²) in [7, 11) is 0. The van der Waals surface area contributed by atoms with E-state index in [-0.39, 0.29) is 5.91 Å². The van der Waals surface area contributed by atoms with Crippen molar-refractivity contribution in [2.45, 2.75) is 13.8 Å². The molecule has 29 heavy (non-hydrogen) atoms. The highest BCUT2D eigenvalue weighted by Gasteiger charge is 2.24. The van der Waals surface area contributed by atoms with Gasteiger partial charge in [-0.25, -0.2) is 4.99 Å². The molecular formula is C22H16Cl2N2O2S. The molecule has 2 aromatic carbocycles. The van der Waals surface area contributed by atoms with Crippen LogP contribution in [0, 0.1) is 13.8 Å². The van der Waals surface area contributed by atoms with Gasteiger partial charge in [-0.05, 0) is 67.1 Å². The van der Waals surface area contributed by atoms with Gasteiger partial charge in [0.25, 0.3) is 5.91 Å². The summed E-state index contributed by atoms with van der Waals surface area (Å²) in [4.78, 5) is 17.4. The number of amidine groups is 1. The lowest BCUT2D eigenvalue weighted by Crippen LogP contribution is -2.19. The predicted octanol–water partition coefficient (Wildman–Crippen LogP) is 6.76. The first-order valence-electron chi connectivity index (χ1n) is 8.82. The molecule has 0 bridgehead atoms. The maximum Gasteiger partial charge on any atom is 0.264 e. The second-order valence-corrected chi connectivity index (χ2v) is 8.42. The third-order valence-electron chi connectivity index (χ3n) is 4.35. The van der Waals surface area contributed by atoms with Gasteiger partial charge in [-0.3, -0.25) is 4.79 Å². The first kappa shape index (κ1) is 19.8. The fourth-order valence-corrected chi connectivity index (χ4v) is 4.26. The number of hydrogen-bond acceptors (Lipinski definition) is 4. The van der Waals surface area contributed by atoms with Crippen molar-refractivity contribution in [3.8, 4) is 11.3 Å². The van der Waals surface area contributed by atoms with Gasteiger partial charge >= 0.3 is 0 Å². The normalized spacial score (nSPS) is 16.6. The molecule has 1 amide bonds. The number of rotatable bonds is 3. The van der Waals surface area contributed by atoms with E-state index in [9.17, 15) is 4.79 Å². The fourth-order valence-electron chi connectivity index (χ4n) is 2.86. The Morgan fingerprint density at radius 1 is 1.07 bits per heavy atom. The SMILES string of the molecule is Cc1ccc(C)c(N=C2NC(=O)/C(=C\c3ccc(-c4c(Cl)cccc4Cl)o3)S2)c1. The largest absolute Gasteiger partial charge is 0.457 e. The number of nitrogens with zero attached hydrogens (tertiary/aromatic N) is 1. The Morgan fingerprint density at radius 3 is 2.59 bits per heavy atom. The average molecular weight is 443 g/mol. The average Bonchev–Trinajstić information content (AvgIpc) is 3.25. The quantitative estimate of drug-likeness (QED) is 0.455. The number of halogens is 2. The number of benzene rings is 2. The molecular weight excluding hydrogens is 427 g/mol. The summed E-state index contributed by atoms with van der Waals surface area (Å²) in [5, 5.41) is 4.34. The second kappa shape index (κ2) is 8.11. The first-order valence-corrected chi connectivity index (χ1v) is 10.4. The molecule has 1 N–H and O–H groups in total. The van der Waals surface area contributed by atoms with E-state index in [1.807, 2.05) is 32.0 Å². The van der Waals surface area contributed by atoms with Crippen molar-refractivity contribution in [2.24, 2.45) is 4.99 Å². The lowest BCUT2D eigenvalue weighted by atomic mass is 10.1. The summed E-state index contributed by atoms with van der Waals surface area (Å²) in [5.74, 6) is 0.856. The Labute approximate surface area is 182 Å². The van der Waals surface area contributed by atoms with E-state index in [1.54, 1.807) is 36.4 Å². The van der Waals surface area contributed by atoms with Crippen molar-refractivity contribution >= 4 is 57.8 Å². The monoisotopic (exact) mass is 442 g/mol. The molecule has 4 nitrogen and oxygen atoms in total. The van der Waals surface area contributed by atoms with Crippen LogP contribution in [-0.2, 0) is 4.79 Å². The Kier molecular flexibility index (Phi) is 5.54. The summed E-state index contributed by atoms with van der Waals surface area (Å²) in [6.45, 7) is 4.00. The molecule has 3 aromatic rings. The molecule has 0 unspecified atom stereocenters. The van der Waals surface area contributed by atoms with Gasteiger partial charge in [0.2, 0.25) is 0 Å². The Morgan fingerprint density at radius 2 is 1.83 bits per heavy atom. The van der Waals surface area contributed by atoms with E-state index >= 15 is 0 Å². The molecule has 1 fully saturated rings. The molecule has 0 radical (unpaired) electrons. The van der Waals surface area contributed by atoms with E-state index in [1.165, 1.54) is 11.8 Å². The summed E-state index contributed by atoms with van der Waals surface area (Å²) in [6, 6.07) is 14.9. The number of furan rings is 1. The Hall–Kier alpha value is -2.47. The number of carbonyl (C=O) groups is 1. The molecule has 0 aliphatic carbocycles. The van der Waals surface area contributed by atoms with Crippen LogP contribution in [0.1, 0.15) is 16.9 Å². The van der Waals surface area contributed by atoms with Gasteiger partial charge in [-0.1, -0.05) is 41.4 Å². The van der Waals surface area contributed by atoms with Crippen LogP contribution in [0.2, 0.25) is 10.0 Å². The van der Waals surface area contributed by atoms with Gasteiger partial charge in [0.05, 0.1) is 26.2 Å². The van der Waals surface area contributed by atoms with Crippen molar-refractivity contribution in [3.05, 3.63) is 80.4 Å². The maximum atomic E-state index is 12.4. The molecule has 0 atom stereocenters. The number of aryl methyl sites for hydroxylation is 2. The third kappa shape index (κ3) is 4.27. The highest BCUT2D eigenvalue weighted by Crippen LogP contribution is 2.36. The van der Waals surface area contributed by atoms with Crippen LogP contribution in [-0.4, -0.2) is 11.1 Å². The predicted molar refractivity (Wildman–Crippen MR) is 121 cm³/mol. The zero-order valence-corrected chi connectivity index (χ0v) is 18.0. The van der Waals surface area contributed by atoms with Crippen LogP contribution >= 0.6 is 35.0 Å². The minimum atomic E-state index is -0.215. The zero-order chi connectivity index (χ0) is 20.5. The molecule has 0 saturated carbocycles. The molecule has 1 aromatic heterocycles. The van der Waals surface area contributed by atoms with Gasteiger partial charge < -0.3 is 9.73 Å². The highest BCUT2D eigenvalue weighted by molar-refractivity contribution is 8.18. The number of hydrogen-bond donors (Lipinski definition) is 1. The first-order chi connectivity index (χ1) is 13.9. The van der Waals surface area contributed by atoms with Crippen LogP contribution in [0.15, 0.2) is 62.8 Å². The fraction of sp³-hybridized carbons (Fsp3) is 0.0909. The Bertz CT molecular complexity index is 1160. The Balaban J connectivity index is 1.60. The molecule has 1 aliphatic heterocycles. The summed E-state index contributed by atoms with van der Waals surface area (Å²) >= 11 is 13.8. The van der Waals surface area contributed by atoms with Crippen LogP contribution < -0.4 is 5.32 Å². The van der Waals surface area contributed by atoms with Crippen LogP contribution in [0.5, 0.6) is 0 Å². The van der Waals surface area contributed by atoms with Crippen LogP contribution in [0.4, 0.5) is 5.69 Å². The molecule has 4 rings (SSSR count). The minimum Gasteiger partial charge on any atom is -0.457 e. The van der Waals surface area contributed by atoms with E-state index < -0.39 is 0 Å². The summed E-state index contributed by atoms with van der Waals surface area (Å²) in [5.41, 5.74) is 3.62. The summed E-state index contributed by atoms with van der Waals surface area (Å²) in [6.07, 6.45) is 1.68. The van der Waals surface area contributed by atoms with Gasteiger partial charge in [-0.2, -0.15) is 0 Å². The van der Waals surface area contributed by atoms with Crippen molar-refractivity contribution in [1.29, 1.82) is 0 Å². The smallest absolute Gasteiger partial charge is 0.264 e. The molecule has 146 valence electrons. The maximum absolute atomic E-state index is 12.4. The number of nitrogens with one attached hydrogen (secondary N) is 1. The third-order valence-corrected chi connectivity index (χ3v) is 5.89. The lowest BCUT2D eigenvalue weighted by Gasteiger charge is -2.02. The van der Waals surface area contributed by atoms with Crippen molar-refractivity contribution < 1.29 is 9.21 Å². The van der Waals surface area contributed by atoms with Crippen LogP contribution in [0.3, 0.4) is 0 Å². The van der Waals surface area contributed by atoms with E-state index in [2.05, 4.69) is 10.3 Å². The number of carbonyl (C=O) groups excluding carboxylic acids is 1. The van der Waals surface area contributed by atoms with Gasteiger partial charge in [-0.15, -0.1) is 0 Å². The molecule has 7 heteroatoms. The lowest BCUT2D eigenvalue weighted by molar-refractivity contribution is -0.115. The molecule has 0 spiro atoms. The zero-order valence-electron chi connectivity index (χ0n) is 15.6. The van der Waals surface area contributed by atoms with Crippen LogP contribution in [0.25, 0.3) is 17.4 Å². The van der Waals surface area contributed by atoms with Crippen molar-refractivity contribution in [3.63, 3.8) is 0 Å². The molecule has 1 aliphatic rings. The van der Waals surface area contributed by atoms with E-state index in [4.69, 9.17) is 27.6 Å².